The van der Waals surface area contributed by atoms with Crippen LogP contribution in [0.15, 0.2) is 125 Å². The van der Waals surface area contributed by atoms with E-state index in [0.717, 1.165) is 27.6 Å². The first-order valence-electron chi connectivity index (χ1n) is 14.8. The Hall–Kier alpha value is -4.93. The first kappa shape index (κ1) is 23.6. The number of benzene rings is 6. The lowest BCUT2D eigenvalue weighted by atomic mass is 9.82. The number of hydrogen-bond acceptors (Lipinski definition) is 3. The van der Waals surface area contributed by atoms with Crippen LogP contribution in [0.5, 0.6) is 0 Å². The number of hydrogen-bond donors (Lipinski definition) is 0. The number of aromatic nitrogens is 3. The molecule has 0 unspecified atom stereocenters. The molecule has 4 heteroatoms. The fourth-order valence-corrected chi connectivity index (χ4v) is 8.77. The molecule has 3 heterocycles. The van der Waals surface area contributed by atoms with E-state index in [1.165, 1.54) is 59.2 Å². The van der Waals surface area contributed by atoms with E-state index in [2.05, 4.69) is 134 Å². The minimum Gasteiger partial charge on any atom is -0.277 e. The summed E-state index contributed by atoms with van der Waals surface area (Å²) >= 11 is 1.80. The van der Waals surface area contributed by atoms with Crippen molar-refractivity contribution in [3.8, 4) is 28.3 Å². The zero-order valence-corrected chi connectivity index (χ0v) is 24.5. The van der Waals surface area contributed by atoms with Gasteiger partial charge in [-0.15, -0.1) is 0 Å². The van der Waals surface area contributed by atoms with Gasteiger partial charge in [-0.25, -0.2) is 9.97 Å². The summed E-state index contributed by atoms with van der Waals surface area (Å²) in [7, 11) is 0. The summed E-state index contributed by atoms with van der Waals surface area (Å²) in [5.41, 5.74) is 10.8. The van der Waals surface area contributed by atoms with Gasteiger partial charge in [0.15, 0.2) is 0 Å². The second-order valence-electron chi connectivity index (χ2n) is 12.2. The fraction of sp³-hybridized carbons (Fsp3) is 0.0769. The van der Waals surface area contributed by atoms with Crippen molar-refractivity contribution in [1.29, 1.82) is 0 Å². The summed E-state index contributed by atoms with van der Waals surface area (Å²) in [6.07, 6.45) is 0. The van der Waals surface area contributed by atoms with Crippen molar-refractivity contribution in [2.45, 2.75) is 29.1 Å². The Balaban J connectivity index is 1.36. The molecule has 10 rings (SSSR count). The molecule has 6 aromatic carbocycles. The predicted octanol–water partition coefficient (Wildman–Crippen LogP) is 10.3. The highest BCUT2D eigenvalue weighted by atomic mass is 32.2. The molecule has 0 N–H and O–H groups in total. The smallest absolute Gasteiger partial charge is 0.235 e. The molecule has 202 valence electrons. The minimum atomic E-state index is -0.0466. The quantitative estimate of drug-likeness (QED) is 0.198. The maximum absolute atomic E-state index is 5.39. The van der Waals surface area contributed by atoms with Crippen LogP contribution in [0.1, 0.15) is 25.0 Å². The zero-order valence-electron chi connectivity index (χ0n) is 23.7. The average molecular weight is 568 g/mol. The lowest BCUT2D eigenvalue weighted by Crippen LogP contribution is -2.14. The van der Waals surface area contributed by atoms with Gasteiger partial charge in [0.05, 0.1) is 22.2 Å². The number of fused-ring (bicyclic) bond motifs is 11. The fourth-order valence-electron chi connectivity index (χ4n) is 7.66. The monoisotopic (exact) mass is 567 g/mol. The van der Waals surface area contributed by atoms with E-state index in [4.69, 9.17) is 9.97 Å². The van der Waals surface area contributed by atoms with Crippen LogP contribution in [0.4, 0.5) is 0 Å². The molecule has 0 atom stereocenters. The van der Waals surface area contributed by atoms with Crippen LogP contribution in [0, 0.1) is 0 Å². The van der Waals surface area contributed by atoms with E-state index in [0.29, 0.717) is 5.95 Å². The van der Waals surface area contributed by atoms with Crippen LogP contribution in [0.3, 0.4) is 0 Å². The van der Waals surface area contributed by atoms with Gasteiger partial charge in [0, 0.05) is 42.3 Å². The summed E-state index contributed by atoms with van der Waals surface area (Å²) in [6, 6.07) is 41.9. The van der Waals surface area contributed by atoms with Gasteiger partial charge < -0.3 is 0 Å². The maximum Gasteiger partial charge on any atom is 0.235 e. The molecule has 0 spiro atoms. The molecule has 3 nitrogen and oxygen atoms in total. The molecule has 0 fully saturated rings. The van der Waals surface area contributed by atoms with Crippen LogP contribution in [-0.2, 0) is 5.41 Å². The standard InChI is InChI=1S/C39H25N3S/c1-39(2)28-13-6-3-11-26(28)34-23-18-19-24-22-10-4-7-15-31(22)42(37(24)25(23)20-21-29(34)39)38-40-30-14-9-17-33-35(30)36(41-38)27-12-5-8-16-32(27)43-33/h3-21H,1-2H3. The van der Waals surface area contributed by atoms with E-state index < -0.39 is 0 Å². The van der Waals surface area contributed by atoms with Crippen molar-refractivity contribution in [2.24, 2.45) is 0 Å². The van der Waals surface area contributed by atoms with Crippen molar-refractivity contribution in [1.82, 2.24) is 14.5 Å². The molecule has 0 amide bonds. The summed E-state index contributed by atoms with van der Waals surface area (Å²) in [4.78, 5) is 13.1. The van der Waals surface area contributed by atoms with E-state index in [9.17, 15) is 0 Å². The van der Waals surface area contributed by atoms with Gasteiger partial charge in [-0.2, -0.15) is 0 Å². The third-order valence-electron chi connectivity index (χ3n) is 9.61. The normalized spacial score (nSPS) is 14.4. The van der Waals surface area contributed by atoms with Crippen LogP contribution < -0.4 is 0 Å². The van der Waals surface area contributed by atoms with Gasteiger partial charge in [0.1, 0.15) is 0 Å². The second kappa shape index (κ2) is 8.12. The molecule has 0 saturated heterocycles. The van der Waals surface area contributed by atoms with Crippen LogP contribution >= 0.6 is 11.8 Å². The van der Waals surface area contributed by atoms with Crippen LogP contribution in [0.2, 0.25) is 0 Å². The average Bonchev–Trinajstić information content (AvgIpc) is 3.50. The Kier molecular flexibility index (Phi) is 4.46. The van der Waals surface area contributed by atoms with Crippen molar-refractivity contribution in [2.75, 3.05) is 0 Å². The highest BCUT2D eigenvalue weighted by Gasteiger charge is 2.36. The lowest BCUT2D eigenvalue weighted by Gasteiger charge is -2.21. The Morgan fingerprint density at radius 2 is 1.30 bits per heavy atom. The molecule has 2 aliphatic rings. The van der Waals surface area contributed by atoms with Crippen LogP contribution in [0.25, 0.3) is 71.8 Å². The van der Waals surface area contributed by atoms with Crippen molar-refractivity contribution in [3.05, 3.63) is 126 Å². The molecule has 2 aromatic heterocycles. The van der Waals surface area contributed by atoms with E-state index >= 15 is 0 Å². The Morgan fingerprint density at radius 1 is 0.581 bits per heavy atom. The largest absolute Gasteiger partial charge is 0.277 e. The Bertz CT molecular complexity index is 2520. The number of nitrogens with zero attached hydrogens (tertiary/aromatic N) is 3. The minimum absolute atomic E-state index is 0.0466. The first-order valence-corrected chi connectivity index (χ1v) is 15.6. The molecular weight excluding hydrogens is 543 g/mol. The summed E-state index contributed by atoms with van der Waals surface area (Å²) in [6.45, 7) is 4.69. The van der Waals surface area contributed by atoms with Gasteiger partial charge in [-0.1, -0.05) is 117 Å². The maximum atomic E-state index is 5.39. The van der Waals surface area contributed by atoms with E-state index in [-0.39, 0.29) is 5.41 Å². The topological polar surface area (TPSA) is 30.7 Å². The molecule has 1 aliphatic carbocycles. The lowest BCUT2D eigenvalue weighted by molar-refractivity contribution is 0.661. The summed E-state index contributed by atoms with van der Waals surface area (Å²) in [5.74, 6) is 0.710. The number of para-hydroxylation sites is 1. The highest BCUT2D eigenvalue weighted by molar-refractivity contribution is 7.99. The molecule has 43 heavy (non-hydrogen) atoms. The SMILES string of the molecule is CC1(C)c2ccccc2-c2c1ccc1c2ccc2c3ccccc3n(-c3nc4c5c(cccc5n3)Sc3ccccc3-4)c12. The van der Waals surface area contributed by atoms with E-state index in [1.54, 1.807) is 11.8 Å². The van der Waals surface area contributed by atoms with Crippen LogP contribution in [-0.4, -0.2) is 14.5 Å². The molecule has 0 saturated carbocycles. The van der Waals surface area contributed by atoms with Crippen molar-refractivity contribution >= 4 is 55.2 Å². The third kappa shape index (κ3) is 2.96. The molecule has 0 bridgehead atoms. The second-order valence-corrected chi connectivity index (χ2v) is 13.3. The highest BCUT2D eigenvalue weighted by Crippen LogP contribution is 2.52. The van der Waals surface area contributed by atoms with Gasteiger partial charge in [0.25, 0.3) is 0 Å². The molecule has 0 radical (unpaired) electrons. The van der Waals surface area contributed by atoms with E-state index in [1.807, 2.05) is 0 Å². The van der Waals surface area contributed by atoms with Gasteiger partial charge in [0.2, 0.25) is 5.95 Å². The summed E-state index contributed by atoms with van der Waals surface area (Å²) in [5, 5.41) is 6.07. The number of rotatable bonds is 1. The molecule has 8 aromatic rings. The molecule has 1 aliphatic heterocycles. The first-order chi connectivity index (χ1) is 21.1. The summed E-state index contributed by atoms with van der Waals surface area (Å²) < 4.78 is 2.30. The third-order valence-corrected chi connectivity index (χ3v) is 10.7. The molecular formula is C39H25N3S. The Labute approximate surface area is 252 Å². The van der Waals surface area contributed by atoms with Crippen molar-refractivity contribution < 1.29 is 0 Å². The zero-order chi connectivity index (χ0) is 28.4. The van der Waals surface area contributed by atoms with Gasteiger partial charge >= 0.3 is 0 Å². The predicted molar refractivity (Wildman–Crippen MR) is 179 cm³/mol. The van der Waals surface area contributed by atoms with Gasteiger partial charge in [-0.3, -0.25) is 4.57 Å². The Morgan fingerprint density at radius 3 is 2.23 bits per heavy atom. The van der Waals surface area contributed by atoms with Gasteiger partial charge in [-0.05, 0) is 51.9 Å². The van der Waals surface area contributed by atoms with Crippen molar-refractivity contribution in [3.63, 3.8) is 0 Å².